The lowest BCUT2D eigenvalue weighted by Gasteiger charge is -2.35. The Kier molecular flexibility index (Phi) is 4.13. The third kappa shape index (κ3) is 3.09. The summed E-state index contributed by atoms with van der Waals surface area (Å²) in [6.45, 7) is 4.12. The lowest BCUT2D eigenvalue weighted by molar-refractivity contribution is 0.157. The second-order valence-electron chi connectivity index (χ2n) is 6.90. The fraction of sp³-hybridized carbons (Fsp3) is 0.421. The number of piperidine rings is 1. The van der Waals surface area contributed by atoms with Crippen LogP contribution in [0.2, 0.25) is 0 Å². The largest absolute Gasteiger partial charge is 0.309 e. The molecule has 1 N–H and O–H groups in total. The number of fused-ring (bicyclic) bond motifs is 1. The zero-order chi connectivity index (χ0) is 17.4. The molecule has 4 rings (SSSR count). The van der Waals surface area contributed by atoms with E-state index in [0.717, 1.165) is 37.3 Å². The Bertz CT molecular complexity index is 936. The highest BCUT2D eigenvalue weighted by Gasteiger charge is 2.26. The molecule has 3 heterocycles. The van der Waals surface area contributed by atoms with E-state index in [1.54, 1.807) is 0 Å². The van der Waals surface area contributed by atoms with Crippen LogP contribution in [0, 0.1) is 0 Å². The minimum absolute atomic E-state index is 0.0577. The number of nitrogens with one attached hydrogen (secondary N) is 1. The van der Waals surface area contributed by atoms with Crippen molar-refractivity contribution in [2.24, 2.45) is 7.05 Å². The first-order valence-corrected chi connectivity index (χ1v) is 8.83. The number of aromatic nitrogens is 4. The molecule has 0 saturated carbocycles. The van der Waals surface area contributed by atoms with Gasteiger partial charge < -0.3 is 4.98 Å². The van der Waals surface area contributed by atoms with E-state index in [0.29, 0.717) is 11.3 Å². The Hall–Kier alpha value is -2.47. The van der Waals surface area contributed by atoms with Gasteiger partial charge in [-0.05, 0) is 56.5 Å². The molecule has 6 nitrogen and oxygen atoms in total. The van der Waals surface area contributed by atoms with Crippen LogP contribution in [0.15, 0.2) is 41.5 Å². The average Bonchev–Trinajstić information content (AvgIpc) is 3.07. The van der Waals surface area contributed by atoms with Crippen LogP contribution in [0.5, 0.6) is 0 Å². The highest BCUT2D eigenvalue weighted by atomic mass is 16.1. The van der Waals surface area contributed by atoms with Crippen molar-refractivity contribution in [2.45, 2.75) is 31.7 Å². The predicted octanol–water partition coefficient (Wildman–Crippen LogP) is 2.60. The van der Waals surface area contributed by atoms with Crippen molar-refractivity contribution in [1.29, 1.82) is 0 Å². The first kappa shape index (κ1) is 16.0. The molecule has 0 unspecified atom stereocenters. The number of benzene rings is 1. The van der Waals surface area contributed by atoms with E-state index >= 15 is 0 Å². The maximum Gasteiger partial charge on any atom is 0.258 e. The molecule has 1 saturated heterocycles. The summed E-state index contributed by atoms with van der Waals surface area (Å²) in [6.07, 6.45) is 6.31. The molecular weight excluding hydrogens is 314 g/mol. The molecule has 2 aromatic heterocycles. The van der Waals surface area contributed by atoms with E-state index in [1.165, 1.54) is 5.56 Å². The number of hydrogen-bond donors (Lipinski definition) is 1. The molecule has 1 atom stereocenters. The number of nitrogens with zero attached hydrogens (tertiary/aromatic N) is 4. The molecule has 25 heavy (non-hydrogen) atoms. The van der Waals surface area contributed by atoms with Crippen molar-refractivity contribution in [3.05, 3.63) is 58.4 Å². The summed E-state index contributed by atoms with van der Waals surface area (Å²) in [7, 11) is 1.96. The molecule has 1 fully saturated rings. The van der Waals surface area contributed by atoms with Gasteiger partial charge in [0.2, 0.25) is 0 Å². The zero-order valence-electron chi connectivity index (χ0n) is 14.6. The fourth-order valence-electron chi connectivity index (χ4n) is 3.75. The van der Waals surface area contributed by atoms with Gasteiger partial charge in [-0.3, -0.25) is 14.4 Å². The third-order valence-electron chi connectivity index (χ3n) is 5.30. The van der Waals surface area contributed by atoms with Crippen molar-refractivity contribution in [3.63, 3.8) is 0 Å². The van der Waals surface area contributed by atoms with Crippen LogP contribution in [0.3, 0.4) is 0 Å². The molecular formula is C19H23N5O. The predicted molar refractivity (Wildman–Crippen MR) is 97.5 cm³/mol. The molecule has 1 aliphatic rings. The lowest BCUT2D eigenvalue weighted by Crippen LogP contribution is -2.36. The summed E-state index contributed by atoms with van der Waals surface area (Å²) in [5.74, 6) is 1.32. The number of para-hydroxylation sites is 1. The topological polar surface area (TPSA) is 66.8 Å². The van der Waals surface area contributed by atoms with E-state index in [4.69, 9.17) is 0 Å². The van der Waals surface area contributed by atoms with Gasteiger partial charge in [0, 0.05) is 13.2 Å². The summed E-state index contributed by atoms with van der Waals surface area (Å²) >= 11 is 0. The van der Waals surface area contributed by atoms with E-state index in [2.05, 4.69) is 33.1 Å². The Balaban J connectivity index is 1.50. The Morgan fingerprint density at radius 3 is 2.72 bits per heavy atom. The first-order valence-electron chi connectivity index (χ1n) is 8.83. The smallest absolute Gasteiger partial charge is 0.258 e. The lowest BCUT2D eigenvalue weighted by atomic mass is 9.91. The van der Waals surface area contributed by atoms with Gasteiger partial charge in [-0.25, -0.2) is 4.98 Å². The van der Waals surface area contributed by atoms with Gasteiger partial charge in [-0.1, -0.05) is 12.1 Å². The molecule has 130 valence electrons. The minimum Gasteiger partial charge on any atom is -0.309 e. The molecule has 0 amide bonds. The van der Waals surface area contributed by atoms with Gasteiger partial charge in [-0.15, -0.1) is 0 Å². The zero-order valence-corrected chi connectivity index (χ0v) is 14.6. The molecule has 6 heteroatoms. The van der Waals surface area contributed by atoms with Crippen molar-refractivity contribution in [1.82, 2.24) is 24.6 Å². The van der Waals surface area contributed by atoms with Crippen molar-refractivity contribution >= 4 is 10.9 Å². The van der Waals surface area contributed by atoms with Crippen LogP contribution in [0.1, 0.15) is 43.1 Å². The molecule has 1 aliphatic heterocycles. The summed E-state index contributed by atoms with van der Waals surface area (Å²) in [4.78, 5) is 22.4. The molecule has 0 radical (unpaired) electrons. The molecule has 0 bridgehead atoms. The van der Waals surface area contributed by atoms with Crippen LogP contribution >= 0.6 is 0 Å². The van der Waals surface area contributed by atoms with Crippen LogP contribution in [-0.4, -0.2) is 37.7 Å². The SMILES string of the molecule is C[C@H](c1nc2ccccc2c(=O)[nH]1)N1CCC(c2cnn(C)c2)CC1. The summed E-state index contributed by atoms with van der Waals surface area (Å²) in [5.41, 5.74) is 2.03. The van der Waals surface area contributed by atoms with Gasteiger partial charge in [0.25, 0.3) is 5.56 Å². The monoisotopic (exact) mass is 337 g/mol. The standard InChI is InChI=1S/C19H23N5O/c1-13(18-21-17-6-4-3-5-16(17)19(25)22-18)24-9-7-14(8-10-24)15-11-20-23(2)12-15/h3-6,11-14H,7-10H2,1-2H3,(H,21,22,25)/t13-/m1/s1. The fourth-order valence-corrected chi connectivity index (χ4v) is 3.75. The van der Waals surface area contributed by atoms with Crippen molar-refractivity contribution in [3.8, 4) is 0 Å². The Morgan fingerprint density at radius 1 is 1.24 bits per heavy atom. The van der Waals surface area contributed by atoms with Gasteiger partial charge in [0.15, 0.2) is 0 Å². The van der Waals surface area contributed by atoms with Crippen LogP contribution < -0.4 is 5.56 Å². The van der Waals surface area contributed by atoms with Gasteiger partial charge in [0.05, 0.1) is 23.1 Å². The number of rotatable bonds is 3. The highest BCUT2D eigenvalue weighted by Crippen LogP contribution is 2.31. The Labute approximate surface area is 146 Å². The summed E-state index contributed by atoms with van der Waals surface area (Å²) < 4.78 is 1.87. The first-order chi connectivity index (χ1) is 12.1. The van der Waals surface area contributed by atoms with Crippen molar-refractivity contribution < 1.29 is 0 Å². The van der Waals surface area contributed by atoms with E-state index in [-0.39, 0.29) is 11.6 Å². The Morgan fingerprint density at radius 2 is 2.00 bits per heavy atom. The van der Waals surface area contributed by atoms with E-state index in [1.807, 2.05) is 42.2 Å². The number of hydrogen-bond acceptors (Lipinski definition) is 4. The molecule has 1 aromatic carbocycles. The number of H-pyrrole nitrogens is 1. The van der Waals surface area contributed by atoms with Crippen LogP contribution in [0.4, 0.5) is 0 Å². The molecule has 3 aromatic rings. The summed E-state index contributed by atoms with van der Waals surface area (Å²) in [6, 6.07) is 7.60. The second-order valence-corrected chi connectivity index (χ2v) is 6.90. The van der Waals surface area contributed by atoms with Gasteiger partial charge in [-0.2, -0.15) is 5.10 Å². The van der Waals surface area contributed by atoms with Crippen LogP contribution in [-0.2, 0) is 7.05 Å². The minimum atomic E-state index is -0.0577. The second kappa shape index (κ2) is 6.44. The number of aryl methyl sites for hydroxylation is 1. The highest BCUT2D eigenvalue weighted by molar-refractivity contribution is 5.77. The average molecular weight is 337 g/mol. The molecule has 0 spiro atoms. The van der Waals surface area contributed by atoms with Crippen molar-refractivity contribution in [2.75, 3.05) is 13.1 Å². The molecule has 0 aliphatic carbocycles. The summed E-state index contributed by atoms with van der Waals surface area (Å²) in [5, 5.41) is 4.93. The quantitative estimate of drug-likeness (QED) is 0.798. The normalized spacial score (nSPS) is 17.8. The van der Waals surface area contributed by atoms with E-state index < -0.39 is 0 Å². The number of likely N-dealkylation sites (tertiary alicyclic amines) is 1. The number of aromatic amines is 1. The maximum absolute atomic E-state index is 12.3. The van der Waals surface area contributed by atoms with Crippen LogP contribution in [0.25, 0.3) is 10.9 Å². The third-order valence-corrected chi connectivity index (χ3v) is 5.30. The van der Waals surface area contributed by atoms with Gasteiger partial charge in [0.1, 0.15) is 5.82 Å². The maximum atomic E-state index is 12.3. The van der Waals surface area contributed by atoms with Gasteiger partial charge >= 0.3 is 0 Å². The van der Waals surface area contributed by atoms with E-state index in [9.17, 15) is 4.79 Å².